The van der Waals surface area contributed by atoms with Gasteiger partial charge in [0, 0.05) is 13.2 Å². The maximum absolute atomic E-state index is 5.47. The first-order chi connectivity index (χ1) is 8.16. The van der Waals surface area contributed by atoms with Gasteiger partial charge in [0.1, 0.15) is 0 Å². The van der Waals surface area contributed by atoms with Gasteiger partial charge in [-0.15, -0.1) is 0 Å². The summed E-state index contributed by atoms with van der Waals surface area (Å²) in [6.45, 7) is 9.30. The van der Waals surface area contributed by atoms with Crippen LogP contribution in [0.25, 0.3) is 0 Å². The number of rotatable bonds is 4. The Labute approximate surface area is 107 Å². The van der Waals surface area contributed by atoms with Gasteiger partial charge in [0.05, 0.1) is 0 Å². The third kappa shape index (κ3) is 3.71. The summed E-state index contributed by atoms with van der Waals surface area (Å²) in [6.07, 6.45) is 8.58. The summed E-state index contributed by atoms with van der Waals surface area (Å²) in [7, 11) is 0. The minimum absolute atomic E-state index is 0.901. The van der Waals surface area contributed by atoms with E-state index in [-0.39, 0.29) is 0 Å². The summed E-state index contributed by atoms with van der Waals surface area (Å²) >= 11 is 0. The monoisotopic (exact) mass is 238 g/mol. The van der Waals surface area contributed by atoms with Gasteiger partial charge in [0.25, 0.3) is 0 Å². The van der Waals surface area contributed by atoms with E-state index in [1.165, 1.54) is 38.5 Å². The summed E-state index contributed by atoms with van der Waals surface area (Å²) in [5.41, 5.74) is 0. The molecule has 1 nitrogen and oxygen atoms in total. The Morgan fingerprint density at radius 3 is 2.24 bits per heavy atom. The fourth-order valence-corrected chi connectivity index (χ4v) is 3.94. The van der Waals surface area contributed by atoms with Gasteiger partial charge in [-0.3, -0.25) is 0 Å². The highest BCUT2D eigenvalue weighted by atomic mass is 16.5. The second kappa shape index (κ2) is 6.22. The van der Waals surface area contributed by atoms with E-state index < -0.39 is 0 Å². The molecule has 1 heterocycles. The highest BCUT2D eigenvalue weighted by Crippen LogP contribution is 2.40. The van der Waals surface area contributed by atoms with Crippen molar-refractivity contribution in [2.45, 2.75) is 59.3 Å². The van der Waals surface area contributed by atoms with Crippen LogP contribution in [0.2, 0.25) is 0 Å². The predicted molar refractivity (Wildman–Crippen MR) is 73.0 cm³/mol. The lowest BCUT2D eigenvalue weighted by atomic mass is 9.80. The molecular weight excluding hydrogens is 208 g/mol. The van der Waals surface area contributed by atoms with E-state index in [0.29, 0.717) is 0 Å². The van der Waals surface area contributed by atoms with Crippen molar-refractivity contribution in [3.8, 4) is 0 Å². The van der Waals surface area contributed by atoms with Gasteiger partial charge in [-0.2, -0.15) is 0 Å². The summed E-state index contributed by atoms with van der Waals surface area (Å²) in [4.78, 5) is 0. The van der Waals surface area contributed by atoms with Crippen LogP contribution in [-0.2, 0) is 4.74 Å². The average molecular weight is 238 g/mol. The van der Waals surface area contributed by atoms with E-state index in [0.717, 1.165) is 42.8 Å². The zero-order valence-electron chi connectivity index (χ0n) is 12.0. The molecule has 1 heteroatoms. The average Bonchev–Trinajstić information content (AvgIpc) is 2.79. The second-order valence-electron chi connectivity index (χ2n) is 6.85. The van der Waals surface area contributed by atoms with Gasteiger partial charge < -0.3 is 4.74 Å². The normalized spacial score (nSPS) is 33.2. The molecule has 2 aliphatic rings. The van der Waals surface area contributed by atoms with E-state index in [9.17, 15) is 0 Å². The van der Waals surface area contributed by atoms with Crippen LogP contribution in [-0.4, -0.2) is 13.2 Å². The highest BCUT2D eigenvalue weighted by molar-refractivity contribution is 4.80. The first-order valence-electron chi connectivity index (χ1n) is 7.74. The largest absolute Gasteiger partial charge is 0.381 e. The van der Waals surface area contributed by atoms with E-state index >= 15 is 0 Å². The van der Waals surface area contributed by atoms with Gasteiger partial charge in [0.15, 0.2) is 0 Å². The number of hydrogen-bond acceptors (Lipinski definition) is 1. The molecule has 1 saturated carbocycles. The lowest BCUT2D eigenvalue weighted by molar-refractivity contribution is 0.0451. The second-order valence-corrected chi connectivity index (χ2v) is 6.85. The Kier molecular flexibility index (Phi) is 4.90. The molecule has 0 aromatic heterocycles. The smallest absolute Gasteiger partial charge is 0.0468 e. The molecule has 1 aliphatic heterocycles. The molecule has 0 N–H and O–H groups in total. The lowest BCUT2D eigenvalue weighted by Crippen LogP contribution is -2.23. The fourth-order valence-electron chi connectivity index (χ4n) is 3.94. The molecule has 17 heavy (non-hydrogen) atoms. The lowest BCUT2D eigenvalue weighted by Gasteiger charge is -2.29. The van der Waals surface area contributed by atoms with Crippen molar-refractivity contribution in [1.29, 1.82) is 0 Å². The zero-order valence-corrected chi connectivity index (χ0v) is 12.0. The standard InChI is InChI=1S/C16H30O/c1-12(2)16-5-4-14(11-16)10-13(3)15-6-8-17-9-7-15/h12-16H,4-11H2,1-3H3. The number of hydrogen-bond donors (Lipinski definition) is 0. The Bertz CT molecular complexity index is 218. The summed E-state index contributed by atoms with van der Waals surface area (Å²) in [6, 6.07) is 0. The first kappa shape index (κ1) is 13.4. The van der Waals surface area contributed by atoms with E-state index in [4.69, 9.17) is 4.74 Å². The molecule has 0 amide bonds. The van der Waals surface area contributed by atoms with Crippen molar-refractivity contribution in [3.05, 3.63) is 0 Å². The molecule has 2 rings (SSSR count). The van der Waals surface area contributed by atoms with Crippen LogP contribution in [0, 0.1) is 29.6 Å². The van der Waals surface area contributed by atoms with Crippen LogP contribution >= 0.6 is 0 Å². The van der Waals surface area contributed by atoms with Crippen molar-refractivity contribution in [3.63, 3.8) is 0 Å². The molecule has 1 saturated heterocycles. The third-order valence-corrected chi connectivity index (χ3v) is 5.30. The van der Waals surface area contributed by atoms with Gasteiger partial charge in [-0.25, -0.2) is 0 Å². The Morgan fingerprint density at radius 1 is 0.941 bits per heavy atom. The molecule has 3 unspecified atom stereocenters. The molecule has 0 aromatic rings. The van der Waals surface area contributed by atoms with E-state index in [1.807, 2.05) is 0 Å². The SMILES string of the molecule is CC(C)C1CCC(CC(C)C2CCOCC2)C1. The molecule has 3 atom stereocenters. The fraction of sp³-hybridized carbons (Fsp3) is 1.00. The van der Waals surface area contributed by atoms with Crippen LogP contribution in [0.15, 0.2) is 0 Å². The quantitative estimate of drug-likeness (QED) is 0.700. The summed E-state index contributed by atoms with van der Waals surface area (Å²) < 4.78 is 5.47. The maximum Gasteiger partial charge on any atom is 0.0468 e. The van der Waals surface area contributed by atoms with E-state index in [1.54, 1.807) is 0 Å². The van der Waals surface area contributed by atoms with Crippen LogP contribution < -0.4 is 0 Å². The van der Waals surface area contributed by atoms with Crippen LogP contribution in [0.1, 0.15) is 59.3 Å². The van der Waals surface area contributed by atoms with Gasteiger partial charge >= 0.3 is 0 Å². The topological polar surface area (TPSA) is 9.23 Å². The predicted octanol–water partition coefficient (Wildman–Crippen LogP) is 4.51. The Hall–Kier alpha value is -0.0400. The van der Waals surface area contributed by atoms with Crippen LogP contribution in [0.3, 0.4) is 0 Å². The van der Waals surface area contributed by atoms with Crippen LogP contribution in [0.4, 0.5) is 0 Å². The van der Waals surface area contributed by atoms with Gasteiger partial charge in [0.2, 0.25) is 0 Å². The van der Waals surface area contributed by atoms with Crippen molar-refractivity contribution in [1.82, 2.24) is 0 Å². The summed E-state index contributed by atoms with van der Waals surface area (Å²) in [5.74, 6) is 4.82. The highest BCUT2D eigenvalue weighted by Gasteiger charge is 2.30. The van der Waals surface area contributed by atoms with Crippen molar-refractivity contribution in [2.75, 3.05) is 13.2 Å². The summed E-state index contributed by atoms with van der Waals surface area (Å²) in [5, 5.41) is 0. The van der Waals surface area contributed by atoms with Crippen molar-refractivity contribution >= 4 is 0 Å². The van der Waals surface area contributed by atoms with Crippen LogP contribution in [0.5, 0.6) is 0 Å². The van der Waals surface area contributed by atoms with E-state index in [2.05, 4.69) is 20.8 Å². The van der Waals surface area contributed by atoms with Crippen molar-refractivity contribution in [2.24, 2.45) is 29.6 Å². The van der Waals surface area contributed by atoms with Gasteiger partial charge in [-0.1, -0.05) is 27.2 Å². The van der Waals surface area contributed by atoms with Crippen molar-refractivity contribution < 1.29 is 4.74 Å². The Morgan fingerprint density at radius 2 is 1.65 bits per heavy atom. The molecule has 0 spiro atoms. The molecule has 0 aromatic carbocycles. The molecule has 100 valence electrons. The molecule has 0 bridgehead atoms. The minimum Gasteiger partial charge on any atom is -0.381 e. The molecule has 0 radical (unpaired) electrons. The maximum atomic E-state index is 5.47. The zero-order chi connectivity index (χ0) is 12.3. The molecule has 2 fully saturated rings. The minimum atomic E-state index is 0.901. The molecular formula is C16H30O. The van der Waals surface area contributed by atoms with Gasteiger partial charge in [-0.05, 0) is 61.7 Å². The number of ether oxygens (including phenoxy) is 1. The third-order valence-electron chi connectivity index (χ3n) is 5.30. The molecule has 1 aliphatic carbocycles. The Balaban J connectivity index is 1.73. The first-order valence-corrected chi connectivity index (χ1v) is 7.74.